The van der Waals surface area contributed by atoms with Crippen LogP contribution < -0.4 is 5.32 Å². The van der Waals surface area contributed by atoms with E-state index in [0.29, 0.717) is 10.0 Å². The molecular weight excluding hydrogens is 357 g/mol. The summed E-state index contributed by atoms with van der Waals surface area (Å²) in [4.78, 5) is 0. The molecule has 2 aromatic rings. The summed E-state index contributed by atoms with van der Waals surface area (Å²) in [6, 6.07) is 12.1. The van der Waals surface area contributed by atoms with Crippen molar-refractivity contribution >= 4 is 39.1 Å². The Hall–Kier alpha value is -0.540. The normalized spacial score (nSPS) is 12.4. The Labute approximate surface area is 138 Å². The van der Waals surface area contributed by atoms with E-state index in [1.165, 1.54) is 5.56 Å². The van der Waals surface area contributed by atoms with Crippen LogP contribution in [0.5, 0.6) is 0 Å². The molecule has 4 heteroatoms. The molecule has 0 heterocycles. The molecule has 2 aromatic carbocycles. The molecule has 0 aliphatic rings. The van der Waals surface area contributed by atoms with Crippen molar-refractivity contribution in [2.45, 2.75) is 19.9 Å². The molecule has 1 unspecified atom stereocenters. The van der Waals surface area contributed by atoms with Crippen LogP contribution in [0.15, 0.2) is 40.9 Å². The second-order valence-corrected chi connectivity index (χ2v) is 6.28. The van der Waals surface area contributed by atoms with Gasteiger partial charge in [0.15, 0.2) is 0 Å². The molecule has 0 bridgehead atoms. The van der Waals surface area contributed by atoms with Crippen molar-refractivity contribution in [3.63, 3.8) is 0 Å². The van der Waals surface area contributed by atoms with Crippen LogP contribution in [-0.2, 0) is 0 Å². The van der Waals surface area contributed by atoms with E-state index in [2.05, 4.69) is 53.3 Å². The average Bonchev–Trinajstić information content (AvgIpc) is 2.43. The van der Waals surface area contributed by atoms with E-state index in [-0.39, 0.29) is 6.04 Å². The number of nitrogens with one attached hydrogen (secondary N) is 1. The van der Waals surface area contributed by atoms with E-state index >= 15 is 0 Å². The van der Waals surface area contributed by atoms with Crippen LogP contribution in [0.2, 0.25) is 10.0 Å². The Balaban J connectivity index is 2.50. The van der Waals surface area contributed by atoms with Crippen LogP contribution >= 0.6 is 39.1 Å². The maximum atomic E-state index is 6.36. The molecular formula is C16H16BrCl2N. The molecule has 20 heavy (non-hydrogen) atoms. The number of halogens is 3. The van der Waals surface area contributed by atoms with Crippen molar-refractivity contribution in [2.24, 2.45) is 0 Å². The quantitative estimate of drug-likeness (QED) is 0.718. The molecule has 0 spiro atoms. The number of hydrogen-bond acceptors (Lipinski definition) is 1. The summed E-state index contributed by atoms with van der Waals surface area (Å²) >= 11 is 16.1. The van der Waals surface area contributed by atoms with Gasteiger partial charge in [-0.1, -0.05) is 70.3 Å². The van der Waals surface area contributed by atoms with Gasteiger partial charge >= 0.3 is 0 Å². The SMILES string of the molecule is CCNC(c1ccc(C)c(Br)c1)c1cccc(Cl)c1Cl. The summed E-state index contributed by atoms with van der Waals surface area (Å²) < 4.78 is 1.09. The first kappa shape index (κ1) is 15.8. The van der Waals surface area contributed by atoms with Gasteiger partial charge in [-0.3, -0.25) is 0 Å². The average molecular weight is 373 g/mol. The number of hydrogen-bond donors (Lipinski definition) is 1. The van der Waals surface area contributed by atoms with Gasteiger partial charge < -0.3 is 5.32 Å². The fourth-order valence-electron chi connectivity index (χ4n) is 2.14. The first-order valence-corrected chi connectivity index (χ1v) is 8.02. The minimum Gasteiger partial charge on any atom is -0.306 e. The van der Waals surface area contributed by atoms with Gasteiger partial charge in [-0.05, 0) is 42.3 Å². The molecule has 0 saturated carbocycles. The van der Waals surface area contributed by atoms with Crippen LogP contribution in [0.3, 0.4) is 0 Å². The Morgan fingerprint density at radius 2 is 1.95 bits per heavy atom. The number of aryl methyl sites for hydroxylation is 1. The van der Waals surface area contributed by atoms with E-state index in [1.807, 2.05) is 12.1 Å². The molecule has 1 N–H and O–H groups in total. The predicted molar refractivity (Wildman–Crippen MR) is 90.9 cm³/mol. The van der Waals surface area contributed by atoms with Crippen molar-refractivity contribution in [1.82, 2.24) is 5.32 Å². The third-order valence-electron chi connectivity index (χ3n) is 3.23. The summed E-state index contributed by atoms with van der Waals surface area (Å²) in [5.74, 6) is 0. The lowest BCUT2D eigenvalue weighted by atomic mass is 9.97. The molecule has 0 amide bonds. The van der Waals surface area contributed by atoms with Crippen LogP contribution in [0.4, 0.5) is 0 Å². The van der Waals surface area contributed by atoms with Gasteiger partial charge in [-0.2, -0.15) is 0 Å². The van der Waals surface area contributed by atoms with Gasteiger partial charge in [0.1, 0.15) is 0 Å². The summed E-state index contributed by atoms with van der Waals surface area (Å²) in [5.41, 5.74) is 3.37. The van der Waals surface area contributed by atoms with Crippen molar-refractivity contribution in [3.05, 3.63) is 67.6 Å². The summed E-state index contributed by atoms with van der Waals surface area (Å²) in [6.45, 7) is 5.00. The van der Waals surface area contributed by atoms with Crippen molar-refractivity contribution in [2.75, 3.05) is 6.54 Å². The van der Waals surface area contributed by atoms with Crippen LogP contribution in [0, 0.1) is 6.92 Å². The molecule has 0 fully saturated rings. The highest BCUT2D eigenvalue weighted by atomic mass is 79.9. The highest BCUT2D eigenvalue weighted by molar-refractivity contribution is 9.10. The minimum absolute atomic E-state index is 0.0306. The number of rotatable bonds is 4. The molecule has 0 saturated heterocycles. The Bertz CT molecular complexity index is 613. The predicted octanol–water partition coefficient (Wildman–Crippen LogP) is 5.76. The molecule has 0 aliphatic carbocycles. The van der Waals surface area contributed by atoms with Gasteiger partial charge in [0.25, 0.3) is 0 Å². The van der Waals surface area contributed by atoms with Gasteiger partial charge in [0.05, 0.1) is 16.1 Å². The molecule has 0 aromatic heterocycles. The third kappa shape index (κ3) is 3.37. The largest absolute Gasteiger partial charge is 0.306 e. The topological polar surface area (TPSA) is 12.0 Å². The minimum atomic E-state index is 0.0306. The standard InChI is InChI=1S/C16H16BrCl2N/c1-3-20-16(11-8-7-10(2)13(17)9-11)12-5-4-6-14(18)15(12)19/h4-9,16,20H,3H2,1-2H3. The summed E-state index contributed by atoms with van der Waals surface area (Å²) in [6.07, 6.45) is 0. The van der Waals surface area contributed by atoms with E-state index < -0.39 is 0 Å². The maximum Gasteiger partial charge on any atom is 0.0643 e. The van der Waals surface area contributed by atoms with Crippen LogP contribution in [0.25, 0.3) is 0 Å². The first-order valence-electron chi connectivity index (χ1n) is 6.48. The van der Waals surface area contributed by atoms with Gasteiger partial charge in [0, 0.05) is 4.47 Å². The molecule has 2 rings (SSSR count). The Morgan fingerprint density at radius 3 is 2.60 bits per heavy atom. The second kappa shape index (κ2) is 6.95. The highest BCUT2D eigenvalue weighted by Crippen LogP contribution is 2.34. The summed E-state index contributed by atoms with van der Waals surface area (Å²) in [7, 11) is 0. The van der Waals surface area contributed by atoms with Gasteiger partial charge in [-0.25, -0.2) is 0 Å². The second-order valence-electron chi connectivity index (χ2n) is 4.64. The highest BCUT2D eigenvalue weighted by Gasteiger charge is 2.18. The van der Waals surface area contributed by atoms with Gasteiger partial charge in [-0.15, -0.1) is 0 Å². The Kier molecular flexibility index (Phi) is 5.50. The first-order chi connectivity index (χ1) is 9.54. The van der Waals surface area contributed by atoms with Gasteiger partial charge in [0.2, 0.25) is 0 Å². The van der Waals surface area contributed by atoms with Crippen molar-refractivity contribution in [3.8, 4) is 0 Å². The zero-order valence-electron chi connectivity index (χ0n) is 11.4. The van der Waals surface area contributed by atoms with Crippen molar-refractivity contribution < 1.29 is 0 Å². The van der Waals surface area contributed by atoms with Crippen LogP contribution in [0.1, 0.15) is 29.7 Å². The monoisotopic (exact) mass is 371 g/mol. The molecule has 1 atom stereocenters. The number of benzene rings is 2. The van der Waals surface area contributed by atoms with Crippen LogP contribution in [-0.4, -0.2) is 6.54 Å². The fourth-order valence-corrected chi connectivity index (χ4v) is 2.96. The molecule has 0 aliphatic heterocycles. The smallest absolute Gasteiger partial charge is 0.0643 e. The lowest BCUT2D eigenvalue weighted by Gasteiger charge is -2.21. The zero-order valence-corrected chi connectivity index (χ0v) is 14.5. The lowest BCUT2D eigenvalue weighted by Crippen LogP contribution is -2.22. The molecule has 1 nitrogen and oxygen atoms in total. The molecule has 0 radical (unpaired) electrons. The maximum absolute atomic E-state index is 6.36. The van der Waals surface area contributed by atoms with E-state index in [0.717, 1.165) is 22.1 Å². The van der Waals surface area contributed by atoms with Crippen molar-refractivity contribution in [1.29, 1.82) is 0 Å². The zero-order chi connectivity index (χ0) is 14.7. The van der Waals surface area contributed by atoms with E-state index in [4.69, 9.17) is 23.2 Å². The molecule has 106 valence electrons. The third-order valence-corrected chi connectivity index (χ3v) is 4.92. The summed E-state index contributed by atoms with van der Waals surface area (Å²) in [5, 5.41) is 4.66. The fraction of sp³-hybridized carbons (Fsp3) is 0.250. The van der Waals surface area contributed by atoms with E-state index in [1.54, 1.807) is 6.07 Å². The lowest BCUT2D eigenvalue weighted by molar-refractivity contribution is 0.630. The Morgan fingerprint density at radius 1 is 1.20 bits per heavy atom. The van der Waals surface area contributed by atoms with E-state index in [9.17, 15) is 0 Å².